The Morgan fingerprint density at radius 2 is 2.08 bits per heavy atom. The minimum absolute atomic E-state index is 0.0668. The third-order valence-electron chi connectivity index (χ3n) is 2.79. The lowest BCUT2D eigenvalue weighted by Crippen LogP contribution is -2.17. The Kier molecular flexibility index (Phi) is 7.62. The summed E-state index contributed by atoms with van der Waals surface area (Å²) in [4.78, 5) is 23.2. The molecule has 25 heavy (non-hydrogen) atoms. The first kappa shape index (κ1) is 19.1. The number of ether oxygens (including phenoxy) is 2. The molecule has 2 aromatic rings. The number of carbonyl (C=O) groups excluding carboxylic acids is 2. The summed E-state index contributed by atoms with van der Waals surface area (Å²) in [6.45, 7) is 2.03. The number of nitrogens with one attached hydrogen (secondary N) is 1. The maximum Gasteiger partial charge on any atom is 0.316 e. The van der Waals surface area contributed by atoms with Crippen molar-refractivity contribution in [1.82, 2.24) is 5.16 Å². The van der Waals surface area contributed by atoms with Gasteiger partial charge in [0, 0.05) is 6.07 Å². The third-order valence-corrected chi connectivity index (χ3v) is 4.01. The number of carbonyl (C=O) groups is 2. The van der Waals surface area contributed by atoms with Gasteiger partial charge in [-0.15, -0.1) is 11.8 Å². The molecule has 1 aromatic carbocycles. The Bertz CT molecular complexity index is 722. The molecule has 9 heteroatoms. The summed E-state index contributed by atoms with van der Waals surface area (Å²) >= 11 is 7.08. The Morgan fingerprint density at radius 3 is 2.80 bits per heavy atom. The Balaban J connectivity index is 1.55. The summed E-state index contributed by atoms with van der Waals surface area (Å²) in [5.41, 5.74) is 0. The molecular weight excluding hydrogens is 368 g/mol. The van der Waals surface area contributed by atoms with Crippen molar-refractivity contribution in [2.45, 2.75) is 6.92 Å². The maximum atomic E-state index is 11.7. The number of nitrogens with zero attached hydrogens (tertiary/aromatic N) is 1. The molecule has 0 bridgehead atoms. The van der Waals surface area contributed by atoms with Crippen molar-refractivity contribution < 1.29 is 23.6 Å². The van der Waals surface area contributed by atoms with Gasteiger partial charge in [0.2, 0.25) is 5.91 Å². The molecule has 1 aromatic heterocycles. The molecule has 7 nitrogen and oxygen atoms in total. The van der Waals surface area contributed by atoms with Crippen LogP contribution in [0.1, 0.15) is 5.76 Å². The lowest BCUT2D eigenvalue weighted by molar-refractivity contribution is -0.141. The zero-order valence-electron chi connectivity index (χ0n) is 13.5. The number of benzene rings is 1. The zero-order chi connectivity index (χ0) is 18.1. The van der Waals surface area contributed by atoms with Gasteiger partial charge in [0.05, 0.1) is 16.5 Å². The first-order valence-electron chi connectivity index (χ1n) is 7.38. The lowest BCUT2D eigenvalue weighted by Gasteiger charge is -2.08. The van der Waals surface area contributed by atoms with E-state index in [9.17, 15) is 9.59 Å². The second kappa shape index (κ2) is 9.95. The number of hydrogen-bond acceptors (Lipinski definition) is 7. The normalized spacial score (nSPS) is 10.3. The van der Waals surface area contributed by atoms with Crippen molar-refractivity contribution in [1.29, 1.82) is 0 Å². The molecule has 0 aliphatic heterocycles. The van der Waals surface area contributed by atoms with E-state index >= 15 is 0 Å². The summed E-state index contributed by atoms with van der Waals surface area (Å²) in [6, 6.07) is 8.65. The molecule has 0 unspecified atom stereocenters. The van der Waals surface area contributed by atoms with Crippen LogP contribution in [0.3, 0.4) is 0 Å². The molecule has 0 spiro atoms. The predicted octanol–water partition coefficient (Wildman–Crippen LogP) is 2.93. The third kappa shape index (κ3) is 7.06. The quantitative estimate of drug-likeness (QED) is 0.525. The SMILES string of the molecule is Cc1cc(NC(=O)CSCC(=O)OCCOc2ccccc2Cl)no1. The van der Waals surface area contributed by atoms with Crippen LogP contribution in [0, 0.1) is 6.92 Å². The molecule has 1 N–H and O–H groups in total. The summed E-state index contributed by atoms with van der Waals surface area (Å²) < 4.78 is 15.3. The van der Waals surface area contributed by atoms with Crippen LogP contribution in [0.5, 0.6) is 5.75 Å². The van der Waals surface area contributed by atoms with Crippen molar-refractivity contribution in [3.05, 3.63) is 41.1 Å². The van der Waals surface area contributed by atoms with Gasteiger partial charge in [0.25, 0.3) is 0 Å². The molecule has 0 aliphatic rings. The number of halogens is 1. The molecule has 0 aliphatic carbocycles. The average Bonchev–Trinajstić information content (AvgIpc) is 2.98. The van der Waals surface area contributed by atoms with E-state index in [0.29, 0.717) is 22.4 Å². The van der Waals surface area contributed by atoms with Crippen LogP contribution >= 0.6 is 23.4 Å². The number of amides is 1. The minimum Gasteiger partial charge on any atom is -0.488 e. The van der Waals surface area contributed by atoms with Crippen LogP contribution in [-0.4, -0.2) is 41.8 Å². The van der Waals surface area contributed by atoms with Gasteiger partial charge in [0.1, 0.15) is 24.7 Å². The first-order chi connectivity index (χ1) is 12.0. The van der Waals surface area contributed by atoms with Crippen LogP contribution < -0.4 is 10.1 Å². The van der Waals surface area contributed by atoms with E-state index in [1.807, 2.05) is 0 Å². The van der Waals surface area contributed by atoms with E-state index in [1.165, 1.54) is 0 Å². The fourth-order valence-electron chi connectivity index (χ4n) is 1.74. The van der Waals surface area contributed by atoms with Crippen LogP contribution in [0.15, 0.2) is 34.9 Å². The van der Waals surface area contributed by atoms with Crippen LogP contribution in [0.2, 0.25) is 5.02 Å². The standard InChI is InChI=1S/C16H17ClN2O5S/c1-11-8-14(19-24-11)18-15(20)9-25-10-16(21)23-7-6-22-13-5-3-2-4-12(13)17/h2-5,8H,6-7,9-10H2,1H3,(H,18,19,20). The molecule has 134 valence electrons. The van der Waals surface area contributed by atoms with Crippen LogP contribution in [0.25, 0.3) is 0 Å². The van der Waals surface area contributed by atoms with E-state index in [2.05, 4.69) is 10.5 Å². The zero-order valence-corrected chi connectivity index (χ0v) is 15.1. The summed E-state index contributed by atoms with van der Waals surface area (Å²) in [5.74, 6) is 0.974. The molecule has 0 atom stereocenters. The van der Waals surface area contributed by atoms with Crippen LogP contribution in [0.4, 0.5) is 5.82 Å². The van der Waals surface area contributed by atoms with E-state index in [1.54, 1.807) is 37.3 Å². The van der Waals surface area contributed by atoms with Gasteiger partial charge < -0.3 is 19.3 Å². The number of thioether (sulfide) groups is 1. The molecule has 0 fully saturated rings. The summed E-state index contributed by atoms with van der Waals surface area (Å²) in [5, 5.41) is 6.71. The van der Waals surface area contributed by atoms with Crippen molar-refractivity contribution in [3.8, 4) is 5.75 Å². The Morgan fingerprint density at radius 1 is 1.28 bits per heavy atom. The molecular formula is C16H17ClN2O5S. The molecule has 2 rings (SSSR count). The largest absolute Gasteiger partial charge is 0.488 e. The van der Waals surface area contributed by atoms with Gasteiger partial charge in [0.15, 0.2) is 5.82 Å². The highest BCUT2D eigenvalue weighted by Crippen LogP contribution is 2.22. The van der Waals surface area contributed by atoms with Crippen LogP contribution in [-0.2, 0) is 14.3 Å². The highest BCUT2D eigenvalue weighted by Gasteiger charge is 2.09. The second-order valence-corrected chi connectivity index (χ2v) is 6.26. The van der Waals surface area contributed by atoms with Gasteiger partial charge in [-0.2, -0.15) is 0 Å². The van der Waals surface area contributed by atoms with Crippen molar-refractivity contribution in [3.63, 3.8) is 0 Å². The van der Waals surface area contributed by atoms with Gasteiger partial charge >= 0.3 is 5.97 Å². The maximum absolute atomic E-state index is 11.7. The Hall–Kier alpha value is -2.19. The summed E-state index contributed by atoms with van der Waals surface area (Å²) in [7, 11) is 0. The van der Waals surface area contributed by atoms with E-state index in [4.69, 9.17) is 25.6 Å². The monoisotopic (exact) mass is 384 g/mol. The fourth-order valence-corrected chi connectivity index (χ4v) is 2.54. The first-order valence-corrected chi connectivity index (χ1v) is 8.91. The summed E-state index contributed by atoms with van der Waals surface area (Å²) in [6.07, 6.45) is 0. The van der Waals surface area contributed by atoms with E-state index in [-0.39, 0.29) is 30.6 Å². The molecule has 0 saturated carbocycles. The predicted molar refractivity (Wildman–Crippen MR) is 95.1 cm³/mol. The number of aromatic nitrogens is 1. The van der Waals surface area contributed by atoms with E-state index in [0.717, 1.165) is 11.8 Å². The van der Waals surface area contributed by atoms with E-state index < -0.39 is 5.97 Å². The van der Waals surface area contributed by atoms with Gasteiger partial charge in [-0.1, -0.05) is 28.9 Å². The number of para-hydroxylation sites is 1. The smallest absolute Gasteiger partial charge is 0.316 e. The van der Waals surface area contributed by atoms with Crippen molar-refractivity contribution in [2.24, 2.45) is 0 Å². The minimum atomic E-state index is -0.419. The highest BCUT2D eigenvalue weighted by molar-refractivity contribution is 8.00. The van der Waals surface area contributed by atoms with Crippen molar-refractivity contribution >= 4 is 41.1 Å². The second-order valence-electron chi connectivity index (χ2n) is 4.86. The highest BCUT2D eigenvalue weighted by atomic mass is 35.5. The Labute approximate surface area is 154 Å². The van der Waals surface area contributed by atoms with Gasteiger partial charge in [-0.25, -0.2) is 0 Å². The van der Waals surface area contributed by atoms with Gasteiger partial charge in [-0.05, 0) is 19.1 Å². The molecule has 0 saturated heterocycles. The molecule has 1 amide bonds. The van der Waals surface area contributed by atoms with Crippen molar-refractivity contribution in [2.75, 3.05) is 30.0 Å². The number of anilines is 1. The fraction of sp³-hybridized carbons (Fsp3) is 0.312. The van der Waals surface area contributed by atoms with Gasteiger partial charge in [-0.3, -0.25) is 9.59 Å². The molecule has 0 radical (unpaired) electrons. The number of aryl methyl sites for hydroxylation is 1. The topological polar surface area (TPSA) is 90.7 Å². The number of rotatable bonds is 9. The lowest BCUT2D eigenvalue weighted by atomic mass is 10.3. The molecule has 1 heterocycles. The number of esters is 1. The number of hydrogen-bond donors (Lipinski definition) is 1. The average molecular weight is 385 g/mol.